The fourth-order valence-corrected chi connectivity index (χ4v) is 3.71. The molecule has 2 aliphatic rings. The van der Waals surface area contributed by atoms with Crippen LogP contribution in [0.2, 0.25) is 0 Å². The van der Waals surface area contributed by atoms with E-state index in [2.05, 4.69) is 23.5 Å². The molecule has 1 aromatic rings. The molecule has 24 heavy (non-hydrogen) atoms. The highest BCUT2D eigenvalue weighted by Gasteiger charge is 2.26. The zero-order valence-electron chi connectivity index (χ0n) is 14.3. The highest BCUT2D eigenvalue weighted by molar-refractivity contribution is 5.87. The molecule has 0 aromatic heterocycles. The second-order valence-corrected chi connectivity index (χ2v) is 6.72. The van der Waals surface area contributed by atoms with E-state index in [0.717, 1.165) is 19.3 Å². The van der Waals surface area contributed by atoms with E-state index in [1.807, 2.05) is 6.07 Å². The maximum Gasteiger partial charge on any atom is 0.245 e. The van der Waals surface area contributed by atoms with E-state index in [4.69, 9.17) is 4.74 Å². The average Bonchev–Trinajstić information content (AvgIpc) is 2.62. The lowest BCUT2D eigenvalue weighted by Crippen LogP contribution is -2.50. The van der Waals surface area contributed by atoms with Gasteiger partial charge in [0.2, 0.25) is 11.8 Å². The second kappa shape index (κ2) is 7.79. The highest BCUT2D eigenvalue weighted by atomic mass is 16.5. The number of fused-ring (bicyclic) bond motifs is 1. The number of nitrogens with zero attached hydrogens (tertiary/aromatic N) is 1. The van der Waals surface area contributed by atoms with Gasteiger partial charge < -0.3 is 15.0 Å². The molecular formula is C19H26N2O3. The van der Waals surface area contributed by atoms with E-state index in [1.165, 1.54) is 11.1 Å². The van der Waals surface area contributed by atoms with Crippen molar-refractivity contribution in [3.05, 3.63) is 35.4 Å². The van der Waals surface area contributed by atoms with E-state index in [9.17, 15) is 9.59 Å². The zero-order chi connectivity index (χ0) is 16.9. The Morgan fingerprint density at radius 2 is 2.04 bits per heavy atom. The van der Waals surface area contributed by atoms with Gasteiger partial charge in [0.05, 0.1) is 13.2 Å². The van der Waals surface area contributed by atoms with Gasteiger partial charge in [0.1, 0.15) is 6.04 Å². The van der Waals surface area contributed by atoms with Gasteiger partial charge in [-0.1, -0.05) is 24.3 Å². The molecular weight excluding hydrogens is 304 g/mol. The van der Waals surface area contributed by atoms with Gasteiger partial charge in [-0.05, 0) is 43.2 Å². The van der Waals surface area contributed by atoms with Crippen LogP contribution in [0.3, 0.4) is 0 Å². The number of benzene rings is 1. The lowest BCUT2D eigenvalue weighted by molar-refractivity contribution is -0.139. The minimum absolute atomic E-state index is 0.0179. The van der Waals surface area contributed by atoms with Gasteiger partial charge in [-0.25, -0.2) is 0 Å². The number of morpholine rings is 1. The molecule has 1 N–H and O–H groups in total. The molecule has 5 heteroatoms. The summed E-state index contributed by atoms with van der Waals surface area (Å²) in [6.45, 7) is 4.13. The predicted molar refractivity (Wildman–Crippen MR) is 91.7 cm³/mol. The fraction of sp³-hybridized carbons (Fsp3) is 0.579. The van der Waals surface area contributed by atoms with Gasteiger partial charge in [0.15, 0.2) is 0 Å². The molecule has 5 nitrogen and oxygen atoms in total. The number of amides is 2. The van der Waals surface area contributed by atoms with Crippen molar-refractivity contribution in [2.75, 3.05) is 26.3 Å². The third-order valence-electron chi connectivity index (χ3n) is 5.00. The fourth-order valence-electron chi connectivity index (χ4n) is 3.71. The van der Waals surface area contributed by atoms with Gasteiger partial charge >= 0.3 is 0 Å². The van der Waals surface area contributed by atoms with Gasteiger partial charge in [-0.2, -0.15) is 0 Å². The van der Waals surface area contributed by atoms with Gasteiger partial charge in [0, 0.05) is 19.5 Å². The third-order valence-corrected chi connectivity index (χ3v) is 5.00. The molecule has 1 aliphatic carbocycles. The molecule has 0 spiro atoms. The molecule has 130 valence electrons. The molecule has 1 heterocycles. The first-order chi connectivity index (χ1) is 11.6. The van der Waals surface area contributed by atoms with E-state index >= 15 is 0 Å². The van der Waals surface area contributed by atoms with Crippen LogP contribution in [0.15, 0.2) is 24.3 Å². The summed E-state index contributed by atoms with van der Waals surface area (Å²) >= 11 is 0. The van der Waals surface area contributed by atoms with Crippen LogP contribution in [0.25, 0.3) is 0 Å². The van der Waals surface area contributed by atoms with Gasteiger partial charge in [-0.3, -0.25) is 9.59 Å². The second-order valence-electron chi connectivity index (χ2n) is 6.72. The Balaban J connectivity index is 1.55. The van der Waals surface area contributed by atoms with E-state index in [0.29, 0.717) is 32.7 Å². The molecule has 0 unspecified atom stereocenters. The Labute approximate surface area is 143 Å². The van der Waals surface area contributed by atoms with Crippen LogP contribution in [0.1, 0.15) is 43.2 Å². The highest BCUT2D eigenvalue weighted by Crippen LogP contribution is 2.33. The molecule has 1 fully saturated rings. The Hall–Kier alpha value is -1.88. The normalized spacial score (nSPS) is 21.7. The number of carbonyl (C=O) groups is 2. The lowest BCUT2D eigenvalue weighted by Gasteiger charge is -2.30. The quantitative estimate of drug-likeness (QED) is 0.917. The van der Waals surface area contributed by atoms with E-state index < -0.39 is 6.04 Å². The molecule has 2 atom stereocenters. The van der Waals surface area contributed by atoms with Crippen LogP contribution in [-0.4, -0.2) is 49.1 Å². The molecule has 2 amide bonds. The van der Waals surface area contributed by atoms with Crippen molar-refractivity contribution in [2.24, 2.45) is 0 Å². The van der Waals surface area contributed by atoms with Crippen LogP contribution in [0.4, 0.5) is 0 Å². The maximum absolute atomic E-state index is 12.4. The van der Waals surface area contributed by atoms with Crippen molar-refractivity contribution >= 4 is 11.8 Å². The van der Waals surface area contributed by atoms with Crippen molar-refractivity contribution in [1.82, 2.24) is 10.2 Å². The van der Waals surface area contributed by atoms with Gasteiger partial charge in [0.25, 0.3) is 0 Å². The summed E-state index contributed by atoms with van der Waals surface area (Å²) in [5.74, 6) is 0.210. The lowest BCUT2D eigenvalue weighted by atomic mass is 9.81. The summed E-state index contributed by atoms with van der Waals surface area (Å²) in [7, 11) is 0. The number of hydrogen-bond donors (Lipinski definition) is 1. The van der Waals surface area contributed by atoms with Crippen LogP contribution < -0.4 is 5.32 Å². The largest absolute Gasteiger partial charge is 0.378 e. The summed E-state index contributed by atoms with van der Waals surface area (Å²) in [5.41, 5.74) is 2.66. The topological polar surface area (TPSA) is 58.6 Å². The first-order valence-corrected chi connectivity index (χ1v) is 8.89. The van der Waals surface area contributed by atoms with Crippen LogP contribution >= 0.6 is 0 Å². The predicted octanol–water partition coefficient (Wildman–Crippen LogP) is 1.86. The summed E-state index contributed by atoms with van der Waals surface area (Å²) in [5, 5.41) is 2.88. The van der Waals surface area contributed by atoms with Crippen molar-refractivity contribution < 1.29 is 14.3 Å². The average molecular weight is 330 g/mol. The zero-order valence-corrected chi connectivity index (χ0v) is 14.3. The number of ether oxygens (including phenoxy) is 1. The third kappa shape index (κ3) is 3.96. The maximum atomic E-state index is 12.4. The van der Waals surface area contributed by atoms with E-state index in [-0.39, 0.29) is 17.7 Å². The summed E-state index contributed by atoms with van der Waals surface area (Å²) < 4.78 is 5.26. The molecule has 0 saturated carbocycles. The van der Waals surface area contributed by atoms with Gasteiger partial charge in [-0.15, -0.1) is 0 Å². The number of nitrogens with one attached hydrogen (secondary N) is 1. The molecule has 1 saturated heterocycles. The smallest absolute Gasteiger partial charge is 0.245 e. The summed E-state index contributed by atoms with van der Waals surface area (Å²) in [6.07, 6.45) is 3.71. The number of hydrogen-bond acceptors (Lipinski definition) is 3. The van der Waals surface area contributed by atoms with E-state index in [1.54, 1.807) is 11.8 Å². The minimum atomic E-state index is -0.477. The van der Waals surface area contributed by atoms with Crippen molar-refractivity contribution in [2.45, 2.75) is 44.6 Å². The molecule has 0 radical (unpaired) electrons. The summed E-state index contributed by atoms with van der Waals surface area (Å²) in [4.78, 5) is 26.6. The van der Waals surface area contributed by atoms with Crippen molar-refractivity contribution in [3.8, 4) is 0 Å². The number of aryl methyl sites for hydroxylation is 1. The Bertz CT molecular complexity index is 596. The first kappa shape index (κ1) is 17.0. The first-order valence-electron chi connectivity index (χ1n) is 8.89. The minimum Gasteiger partial charge on any atom is -0.378 e. The number of carbonyl (C=O) groups excluding carboxylic acids is 2. The van der Waals surface area contributed by atoms with Crippen LogP contribution in [0, 0.1) is 0 Å². The summed E-state index contributed by atoms with van der Waals surface area (Å²) in [6, 6.07) is 7.91. The molecule has 1 aromatic carbocycles. The molecule has 1 aliphatic heterocycles. The SMILES string of the molecule is C[C@@H](NC(=O)C[C@H]1CCCc2ccccc21)C(=O)N1CCOCC1. The molecule has 3 rings (SSSR count). The van der Waals surface area contributed by atoms with Crippen LogP contribution in [-0.2, 0) is 20.7 Å². The standard InChI is InChI=1S/C19H26N2O3/c1-14(19(23)21-9-11-24-12-10-21)20-18(22)13-16-7-4-6-15-5-2-3-8-17(15)16/h2-3,5,8,14,16H,4,6-7,9-13H2,1H3,(H,20,22)/t14-,16-/m1/s1. The van der Waals surface area contributed by atoms with Crippen molar-refractivity contribution in [3.63, 3.8) is 0 Å². The Morgan fingerprint density at radius 1 is 1.29 bits per heavy atom. The van der Waals surface area contributed by atoms with Crippen LogP contribution in [0.5, 0.6) is 0 Å². The molecule has 0 bridgehead atoms. The monoisotopic (exact) mass is 330 g/mol. The number of rotatable bonds is 4. The Kier molecular flexibility index (Phi) is 5.51. The Morgan fingerprint density at radius 3 is 2.83 bits per heavy atom. The van der Waals surface area contributed by atoms with Crippen molar-refractivity contribution in [1.29, 1.82) is 0 Å².